The van der Waals surface area contributed by atoms with Crippen molar-refractivity contribution in [2.24, 2.45) is 0 Å². The first-order valence-corrected chi connectivity index (χ1v) is 11.3. The number of hydrogen-bond acceptors (Lipinski definition) is 8. The van der Waals surface area contributed by atoms with Crippen LogP contribution in [-0.2, 0) is 14.2 Å². The lowest BCUT2D eigenvalue weighted by molar-refractivity contribution is -0.973. The van der Waals surface area contributed by atoms with Crippen molar-refractivity contribution in [1.82, 2.24) is 0 Å². The molecule has 1 atom stereocenters. The van der Waals surface area contributed by atoms with Crippen molar-refractivity contribution in [2.75, 3.05) is 65.9 Å². The first-order valence-electron chi connectivity index (χ1n) is 11.3. The predicted octanol–water partition coefficient (Wildman–Crippen LogP) is 0.512. The second-order valence-electron chi connectivity index (χ2n) is 7.25. The highest BCUT2D eigenvalue weighted by molar-refractivity contribution is 6.30. The van der Waals surface area contributed by atoms with Gasteiger partial charge in [0.25, 0.3) is 0 Å². The van der Waals surface area contributed by atoms with Crippen molar-refractivity contribution in [3.63, 3.8) is 0 Å². The highest BCUT2D eigenvalue weighted by Gasteiger charge is 2.36. The molecule has 0 aliphatic carbocycles. The molecule has 10 heteroatoms. The number of nitrogens with zero attached hydrogens (tertiary/aromatic N) is 1. The Balaban J connectivity index is 0. The van der Waals surface area contributed by atoms with Gasteiger partial charge >= 0.3 is 7.32 Å². The molecule has 0 aliphatic rings. The van der Waals surface area contributed by atoms with E-state index in [9.17, 15) is 5.11 Å². The van der Waals surface area contributed by atoms with Gasteiger partial charge in [-0.15, -0.1) is 0 Å². The molecule has 5 N–H and O–H groups in total. The molecule has 0 aromatic rings. The van der Waals surface area contributed by atoms with Crippen LogP contribution in [0.3, 0.4) is 0 Å². The van der Waals surface area contributed by atoms with Gasteiger partial charge in [0.05, 0.1) is 46.1 Å². The smallest absolute Gasteiger partial charge is 0.402 e. The van der Waals surface area contributed by atoms with E-state index in [4.69, 9.17) is 34.4 Å². The summed E-state index contributed by atoms with van der Waals surface area (Å²) >= 11 is 0. The number of aliphatic hydroxyl groups excluding tert-OH is 2. The number of hydrogen-bond donors (Lipinski definition) is 5. The van der Waals surface area contributed by atoms with Crippen LogP contribution in [0, 0.1) is 0 Å². The van der Waals surface area contributed by atoms with Crippen molar-refractivity contribution in [3.8, 4) is 0 Å². The molecule has 0 aliphatic heterocycles. The third-order valence-electron chi connectivity index (χ3n) is 4.78. The molecule has 182 valence electrons. The normalized spacial score (nSPS) is 12.4. The monoisotopic (exact) mass is 440 g/mol. The second kappa shape index (κ2) is 23.4. The maximum absolute atomic E-state index is 10.0. The van der Waals surface area contributed by atoms with Crippen LogP contribution in [0.15, 0.2) is 0 Å². The van der Waals surface area contributed by atoms with Gasteiger partial charge in [-0.1, -0.05) is 40.0 Å². The lowest BCUT2D eigenvalue weighted by atomic mass is 10.2. The SMILES string of the molecule is CCCCOCC[N+](CCCC)(CCCC)C(CO)OCCOCCO.OB(O)O. The van der Waals surface area contributed by atoms with E-state index in [-0.39, 0.29) is 19.4 Å². The molecule has 0 amide bonds. The maximum Gasteiger partial charge on any atom is 0.631 e. The van der Waals surface area contributed by atoms with E-state index >= 15 is 0 Å². The van der Waals surface area contributed by atoms with E-state index in [1.807, 2.05) is 0 Å². The largest absolute Gasteiger partial charge is 0.631 e. The highest BCUT2D eigenvalue weighted by atomic mass is 16.6. The Labute approximate surface area is 183 Å². The third-order valence-corrected chi connectivity index (χ3v) is 4.78. The van der Waals surface area contributed by atoms with Crippen molar-refractivity contribution in [2.45, 2.75) is 65.5 Å². The van der Waals surface area contributed by atoms with Gasteiger partial charge in [-0.05, 0) is 19.3 Å². The number of ether oxygens (including phenoxy) is 3. The predicted molar refractivity (Wildman–Crippen MR) is 118 cm³/mol. The first kappa shape index (κ1) is 31.9. The number of rotatable bonds is 20. The molecular formula is C20H47BNO8+. The Bertz CT molecular complexity index is 329. The van der Waals surface area contributed by atoms with Gasteiger partial charge in [0.2, 0.25) is 6.23 Å². The van der Waals surface area contributed by atoms with Crippen molar-refractivity contribution < 1.29 is 44.0 Å². The van der Waals surface area contributed by atoms with Crippen molar-refractivity contribution in [1.29, 1.82) is 0 Å². The summed E-state index contributed by atoms with van der Waals surface area (Å²) in [6.07, 6.45) is 6.45. The maximum atomic E-state index is 10.0. The summed E-state index contributed by atoms with van der Waals surface area (Å²) in [5, 5.41) is 40.3. The van der Waals surface area contributed by atoms with Crippen LogP contribution >= 0.6 is 0 Å². The van der Waals surface area contributed by atoms with E-state index < -0.39 is 7.32 Å². The van der Waals surface area contributed by atoms with Gasteiger partial charge in [0.15, 0.2) is 0 Å². The molecule has 0 rings (SSSR count). The minimum absolute atomic E-state index is 0.00237. The Hall–Kier alpha value is -0.295. The molecule has 1 unspecified atom stereocenters. The Morgan fingerprint density at radius 3 is 1.70 bits per heavy atom. The van der Waals surface area contributed by atoms with Gasteiger partial charge in [0.1, 0.15) is 13.2 Å². The average molecular weight is 440 g/mol. The van der Waals surface area contributed by atoms with Gasteiger partial charge in [-0.25, -0.2) is 0 Å². The molecule has 0 saturated carbocycles. The molecule has 0 heterocycles. The van der Waals surface area contributed by atoms with Crippen LogP contribution in [0.5, 0.6) is 0 Å². The summed E-state index contributed by atoms with van der Waals surface area (Å²) in [4.78, 5) is 0. The molecule has 0 bridgehead atoms. The molecule has 0 aromatic heterocycles. The molecule has 0 aromatic carbocycles. The topological polar surface area (TPSA) is 129 Å². The molecule has 30 heavy (non-hydrogen) atoms. The van der Waals surface area contributed by atoms with Crippen molar-refractivity contribution >= 4 is 7.32 Å². The Morgan fingerprint density at radius 1 is 0.700 bits per heavy atom. The molecule has 9 nitrogen and oxygen atoms in total. The van der Waals surface area contributed by atoms with Crippen LogP contribution < -0.4 is 0 Å². The quantitative estimate of drug-likeness (QED) is 0.0802. The molecule has 0 fully saturated rings. The first-order chi connectivity index (χ1) is 14.4. The lowest BCUT2D eigenvalue weighted by Crippen LogP contribution is -2.60. The van der Waals surface area contributed by atoms with E-state index in [1.165, 1.54) is 0 Å². The van der Waals surface area contributed by atoms with Crippen LogP contribution in [0.1, 0.15) is 59.3 Å². The molecule has 0 radical (unpaired) electrons. The Morgan fingerprint density at radius 2 is 1.23 bits per heavy atom. The number of unbranched alkanes of at least 4 members (excludes halogenated alkanes) is 3. The number of aliphatic hydroxyl groups is 2. The minimum Gasteiger partial charge on any atom is -0.402 e. The van der Waals surface area contributed by atoms with Gasteiger partial charge < -0.3 is 39.5 Å². The zero-order chi connectivity index (χ0) is 23.1. The van der Waals surface area contributed by atoms with E-state index in [2.05, 4.69) is 20.8 Å². The van der Waals surface area contributed by atoms with Gasteiger partial charge in [0, 0.05) is 6.61 Å². The summed E-state index contributed by atoms with van der Waals surface area (Å²) in [6, 6.07) is 0. The van der Waals surface area contributed by atoms with E-state index in [0.29, 0.717) is 26.4 Å². The van der Waals surface area contributed by atoms with Crippen LogP contribution in [-0.4, -0.2) is 109 Å². The minimum atomic E-state index is -2.17. The molecule has 0 spiro atoms. The zero-order valence-corrected chi connectivity index (χ0v) is 19.4. The molecule has 0 saturated heterocycles. The van der Waals surface area contributed by atoms with E-state index in [1.54, 1.807) is 0 Å². The Kier molecular flexibility index (Phi) is 24.8. The van der Waals surface area contributed by atoms with Crippen molar-refractivity contribution in [3.05, 3.63) is 0 Å². The van der Waals surface area contributed by atoms with Crippen LogP contribution in [0.4, 0.5) is 0 Å². The third kappa shape index (κ3) is 18.5. The molecular weight excluding hydrogens is 393 g/mol. The fourth-order valence-corrected chi connectivity index (χ4v) is 3.10. The van der Waals surface area contributed by atoms with Crippen LogP contribution in [0.2, 0.25) is 0 Å². The standard InChI is InChI=1S/C20H44NO5.BH3O3/c1-4-7-10-21(11-8-5-2,12-15-24-14-9-6-3)20(19-23)26-18-17-25-16-13-22;2-1(3)4/h20,22-23H,4-19H2,1-3H3;2-4H/q+1;. The summed E-state index contributed by atoms with van der Waals surface area (Å²) < 4.78 is 17.9. The van der Waals surface area contributed by atoms with Crippen LogP contribution in [0.25, 0.3) is 0 Å². The fourth-order valence-electron chi connectivity index (χ4n) is 3.10. The summed E-state index contributed by atoms with van der Waals surface area (Å²) in [5.41, 5.74) is 0. The zero-order valence-electron chi connectivity index (χ0n) is 19.4. The number of quaternary nitrogens is 1. The highest BCUT2D eigenvalue weighted by Crippen LogP contribution is 2.19. The summed E-state index contributed by atoms with van der Waals surface area (Å²) in [5.74, 6) is 0. The van der Waals surface area contributed by atoms with E-state index in [0.717, 1.165) is 69.2 Å². The summed E-state index contributed by atoms with van der Waals surface area (Å²) in [7, 11) is -2.17. The van der Waals surface area contributed by atoms with Gasteiger partial charge in [-0.2, -0.15) is 0 Å². The van der Waals surface area contributed by atoms with Gasteiger partial charge in [-0.3, -0.25) is 4.48 Å². The lowest BCUT2D eigenvalue weighted by Gasteiger charge is -2.44. The summed E-state index contributed by atoms with van der Waals surface area (Å²) in [6.45, 7) is 12.1. The second-order valence-corrected chi connectivity index (χ2v) is 7.25. The average Bonchev–Trinajstić information content (AvgIpc) is 2.72. The fraction of sp³-hybridized carbons (Fsp3) is 1.00.